The zero-order valence-corrected chi connectivity index (χ0v) is 11.2. The van der Waals surface area contributed by atoms with Gasteiger partial charge in [-0.25, -0.2) is 14.8 Å². The first-order valence-corrected chi connectivity index (χ1v) is 5.84. The Morgan fingerprint density at radius 2 is 2.05 bits per heavy atom. The maximum absolute atomic E-state index is 11.4. The van der Waals surface area contributed by atoms with Crippen molar-refractivity contribution in [3.05, 3.63) is 18.1 Å². The first-order valence-electron chi connectivity index (χ1n) is 5.84. The molecule has 0 fully saturated rings. The summed E-state index contributed by atoms with van der Waals surface area (Å²) in [6.07, 6.45) is 2.46. The summed E-state index contributed by atoms with van der Waals surface area (Å²) >= 11 is 0. The molecule has 0 radical (unpaired) electrons. The van der Waals surface area contributed by atoms with Gasteiger partial charge in [0.1, 0.15) is 11.7 Å². The largest absolute Gasteiger partial charge is 0.444 e. The topological polar surface area (TPSA) is 99.9 Å². The second-order valence-corrected chi connectivity index (χ2v) is 4.72. The van der Waals surface area contributed by atoms with Crippen LogP contribution in [-0.2, 0) is 4.74 Å². The van der Waals surface area contributed by atoms with Gasteiger partial charge in [-0.05, 0) is 20.8 Å². The molecule has 0 unspecified atom stereocenters. The molecular weight excluding hydrogens is 246 g/mol. The van der Waals surface area contributed by atoms with Crippen LogP contribution in [0.15, 0.2) is 12.4 Å². The van der Waals surface area contributed by atoms with Crippen LogP contribution in [0, 0.1) is 11.3 Å². The van der Waals surface area contributed by atoms with Gasteiger partial charge in [-0.2, -0.15) is 5.26 Å². The van der Waals surface area contributed by atoms with Crippen LogP contribution >= 0.6 is 0 Å². The van der Waals surface area contributed by atoms with Gasteiger partial charge >= 0.3 is 6.09 Å². The monoisotopic (exact) mass is 263 g/mol. The molecule has 1 aromatic rings. The number of rotatable bonds is 4. The van der Waals surface area contributed by atoms with Crippen LogP contribution in [0.25, 0.3) is 0 Å². The normalized spacial score (nSPS) is 10.4. The number of carbonyl (C=O) groups is 1. The van der Waals surface area contributed by atoms with Crippen LogP contribution in [-0.4, -0.2) is 34.8 Å². The Morgan fingerprint density at radius 1 is 1.37 bits per heavy atom. The second kappa shape index (κ2) is 6.54. The van der Waals surface area contributed by atoms with Gasteiger partial charge in [0.2, 0.25) is 0 Å². The zero-order valence-electron chi connectivity index (χ0n) is 11.2. The number of nitrogens with one attached hydrogen (secondary N) is 2. The van der Waals surface area contributed by atoms with Crippen LogP contribution in [0.5, 0.6) is 0 Å². The van der Waals surface area contributed by atoms with Crippen LogP contribution < -0.4 is 10.6 Å². The Kier molecular flexibility index (Phi) is 5.06. The zero-order chi connectivity index (χ0) is 14.3. The molecule has 0 saturated carbocycles. The summed E-state index contributed by atoms with van der Waals surface area (Å²) in [5.41, 5.74) is -0.295. The molecule has 0 bridgehead atoms. The molecule has 7 nitrogen and oxygen atoms in total. The molecule has 0 spiro atoms. The molecule has 0 aromatic carbocycles. The van der Waals surface area contributed by atoms with E-state index in [1.165, 1.54) is 12.4 Å². The van der Waals surface area contributed by atoms with E-state index in [9.17, 15) is 4.79 Å². The van der Waals surface area contributed by atoms with E-state index >= 15 is 0 Å². The molecule has 0 atom stereocenters. The van der Waals surface area contributed by atoms with Crippen molar-refractivity contribution >= 4 is 11.9 Å². The highest BCUT2D eigenvalue weighted by Gasteiger charge is 2.15. The second-order valence-electron chi connectivity index (χ2n) is 4.72. The molecule has 1 amide bonds. The first-order chi connectivity index (χ1) is 8.92. The molecule has 0 aliphatic carbocycles. The lowest BCUT2D eigenvalue weighted by Crippen LogP contribution is -2.35. The number of hydrogen-bond donors (Lipinski definition) is 2. The van der Waals surface area contributed by atoms with Crippen molar-refractivity contribution < 1.29 is 9.53 Å². The number of alkyl carbamates (subject to hydrolysis) is 1. The van der Waals surface area contributed by atoms with Crippen molar-refractivity contribution in [1.82, 2.24) is 15.3 Å². The Morgan fingerprint density at radius 3 is 2.68 bits per heavy atom. The third kappa shape index (κ3) is 5.68. The standard InChI is InChI=1S/C12H17N5O2/c1-12(2,3)19-11(18)17-7-6-16-10-9(8-13)14-4-5-15-10/h4-5H,6-7H2,1-3H3,(H,15,16)(H,17,18). The van der Waals surface area contributed by atoms with Gasteiger partial charge in [0, 0.05) is 25.5 Å². The lowest BCUT2D eigenvalue weighted by molar-refractivity contribution is 0.0530. The summed E-state index contributed by atoms with van der Waals surface area (Å²) in [5, 5.41) is 14.3. The van der Waals surface area contributed by atoms with E-state index in [-0.39, 0.29) is 5.69 Å². The lowest BCUT2D eigenvalue weighted by atomic mass is 10.2. The number of ether oxygens (including phenoxy) is 1. The third-order valence-electron chi connectivity index (χ3n) is 1.89. The van der Waals surface area contributed by atoms with Gasteiger partial charge in [0.05, 0.1) is 0 Å². The summed E-state index contributed by atoms with van der Waals surface area (Å²) < 4.78 is 5.08. The van der Waals surface area contributed by atoms with Crippen molar-refractivity contribution in [2.75, 3.05) is 18.4 Å². The minimum Gasteiger partial charge on any atom is -0.444 e. The summed E-state index contributed by atoms with van der Waals surface area (Å²) in [7, 11) is 0. The van der Waals surface area contributed by atoms with Crippen molar-refractivity contribution in [2.24, 2.45) is 0 Å². The number of nitriles is 1. The van der Waals surface area contributed by atoms with Gasteiger partial charge < -0.3 is 15.4 Å². The number of hydrogen-bond acceptors (Lipinski definition) is 6. The molecule has 1 heterocycles. The van der Waals surface area contributed by atoms with Gasteiger partial charge in [0.25, 0.3) is 0 Å². The fourth-order valence-electron chi connectivity index (χ4n) is 1.21. The molecule has 0 aliphatic rings. The van der Waals surface area contributed by atoms with Crippen molar-refractivity contribution in [3.8, 4) is 6.07 Å². The minimum absolute atomic E-state index is 0.222. The molecule has 1 rings (SSSR count). The van der Waals surface area contributed by atoms with E-state index in [1.54, 1.807) is 20.8 Å². The van der Waals surface area contributed by atoms with Crippen LogP contribution in [0.4, 0.5) is 10.6 Å². The van der Waals surface area contributed by atoms with Crippen molar-refractivity contribution in [1.29, 1.82) is 5.26 Å². The van der Waals surface area contributed by atoms with Gasteiger partial charge in [0.15, 0.2) is 11.5 Å². The molecular formula is C12H17N5O2. The average molecular weight is 263 g/mol. The SMILES string of the molecule is CC(C)(C)OC(=O)NCCNc1nccnc1C#N. The van der Waals surface area contributed by atoms with E-state index in [0.29, 0.717) is 18.9 Å². The number of nitrogens with zero attached hydrogens (tertiary/aromatic N) is 3. The molecule has 19 heavy (non-hydrogen) atoms. The number of amides is 1. The van der Waals surface area contributed by atoms with E-state index in [2.05, 4.69) is 20.6 Å². The maximum Gasteiger partial charge on any atom is 0.407 e. The molecule has 0 aliphatic heterocycles. The predicted molar refractivity (Wildman–Crippen MR) is 69.5 cm³/mol. The Balaban J connectivity index is 2.32. The summed E-state index contributed by atoms with van der Waals surface area (Å²) in [4.78, 5) is 19.2. The quantitative estimate of drug-likeness (QED) is 0.794. The van der Waals surface area contributed by atoms with Gasteiger partial charge in [-0.1, -0.05) is 0 Å². The Bertz CT molecular complexity index is 476. The minimum atomic E-state index is -0.517. The number of carbonyl (C=O) groups excluding carboxylic acids is 1. The smallest absolute Gasteiger partial charge is 0.407 e. The van der Waals surface area contributed by atoms with E-state index in [1.807, 2.05) is 6.07 Å². The van der Waals surface area contributed by atoms with Crippen molar-refractivity contribution in [2.45, 2.75) is 26.4 Å². The fourth-order valence-corrected chi connectivity index (χ4v) is 1.21. The molecule has 0 saturated heterocycles. The van der Waals surface area contributed by atoms with E-state index < -0.39 is 11.7 Å². The number of anilines is 1. The highest BCUT2D eigenvalue weighted by Crippen LogP contribution is 2.06. The highest BCUT2D eigenvalue weighted by atomic mass is 16.6. The van der Waals surface area contributed by atoms with E-state index in [0.717, 1.165) is 0 Å². The highest BCUT2D eigenvalue weighted by molar-refractivity contribution is 5.67. The summed E-state index contributed by atoms with van der Waals surface area (Å²) in [5.74, 6) is 0.399. The third-order valence-corrected chi connectivity index (χ3v) is 1.89. The fraction of sp³-hybridized carbons (Fsp3) is 0.500. The molecule has 2 N–H and O–H groups in total. The van der Waals surface area contributed by atoms with Crippen LogP contribution in [0.3, 0.4) is 0 Å². The molecule has 1 aromatic heterocycles. The Hall–Kier alpha value is -2.36. The summed E-state index contributed by atoms with van der Waals surface area (Å²) in [6, 6.07) is 1.93. The summed E-state index contributed by atoms with van der Waals surface area (Å²) in [6.45, 7) is 6.17. The van der Waals surface area contributed by atoms with Gasteiger partial charge in [-0.15, -0.1) is 0 Å². The first kappa shape index (κ1) is 14.7. The average Bonchev–Trinajstić information content (AvgIpc) is 2.33. The predicted octanol–water partition coefficient (Wildman–Crippen LogP) is 1.28. The van der Waals surface area contributed by atoms with Crippen LogP contribution in [0.1, 0.15) is 26.5 Å². The number of aromatic nitrogens is 2. The lowest BCUT2D eigenvalue weighted by Gasteiger charge is -2.19. The van der Waals surface area contributed by atoms with Crippen LogP contribution in [0.2, 0.25) is 0 Å². The van der Waals surface area contributed by atoms with E-state index in [4.69, 9.17) is 10.00 Å². The van der Waals surface area contributed by atoms with Gasteiger partial charge in [-0.3, -0.25) is 0 Å². The Labute approximate surface area is 112 Å². The molecule has 7 heteroatoms. The maximum atomic E-state index is 11.4. The molecule has 102 valence electrons. The van der Waals surface area contributed by atoms with Crippen molar-refractivity contribution in [3.63, 3.8) is 0 Å².